The zero-order chi connectivity index (χ0) is 18.0. The van der Waals surface area contributed by atoms with Crippen LogP contribution < -0.4 is 0 Å². The number of imidazole rings is 1. The standard InChI is InChI=1S/C18H15IN4O2/c1-11(24)18(12(2)25)22-21-15-6-3-13(4-7-15)16-10-23-9-14(19)5-8-17(23)20-16/h3-10,24H,1-2H3/b18-11-,22-21?. The fraction of sp³-hybridized carbons (Fsp3) is 0.111. The Hall–Kier alpha value is -2.55. The van der Waals surface area contributed by atoms with Crippen molar-refractivity contribution < 1.29 is 9.90 Å². The minimum Gasteiger partial charge on any atom is -0.510 e. The number of pyridine rings is 1. The number of Topliss-reactive ketones (excluding diaryl/α,β-unsaturated/α-hetero) is 1. The van der Waals surface area contributed by atoms with Crippen molar-refractivity contribution in [2.45, 2.75) is 13.8 Å². The molecule has 3 rings (SSSR count). The Kier molecular flexibility index (Phi) is 4.93. The number of carbonyl (C=O) groups excluding carboxylic acids is 1. The van der Waals surface area contributed by atoms with Crippen LogP contribution in [0.25, 0.3) is 16.9 Å². The highest BCUT2D eigenvalue weighted by molar-refractivity contribution is 14.1. The summed E-state index contributed by atoms with van der Waals surface area (Å²) in [5, 5.41) is 17.3. The maximum atomic E-state index is 11.4. The van der Waals surface area contributed by atoms with Crippen LogP contribution in [0, 0.1) is 3.57 Å². The molecule has 2 heterocycles. The van der Waals surface area contributed by atoms with E-state index in [1.54, 1.807) is 12.1 Å². The van der Waals surface area contributed by atoms with Gasteiger partial charge in [0.1, 0.15) is 11.4 Å². The summed E-state index contributed by atoms with van der Waals surface area (Å²) < 4.78 is 3.12. The van der Waals surface area contributed by atoms with E-state index in [1.807, 2.05) is 41.1 Å². The van der Waals surface area contributed by atoms with Gasteiger partial charge >= 0.3 is 0 Å². The van der Waals surface area contributed by atoms with Crippen LogP contribution in [0.3, 0.4) is 0 Å². The topological polar surface area (TPSA) is 79.3 Å². The lowest BCUT2D eigenvalue weighted by Gasteiger charge is -1.98. The van der Waals surface area contributed by atoms with E-state index in [1.165, 1.54) is 13.8 Å². The number of aliphatic hydroxyl groups excluding tert-OH is 1. The van der Waals surface area contributed by atoms with Gasteiger partial charge in [-0.25, -0.2) is 4.98 Å². The van der Waals surface area contributed by atoms with Crippen LogP contribution in [0.4, 0.5) is 5.69 Å². The van der Waals surface area contributed by atoms with Gasteiger partial charge in [0, 0.05) is 28.5 Å². The van der Waals surface area contributed by atoms with Gasteiger partial charge in [0.05, 0.1) is 11.4 Å². The van der Waals surface area contributed by atoms with E-state index in [9.17, 15) is 9.90 Å². The molecule has 0 aliphatic rings. The van der Waals surface area contributed by atoms with Gasteiger partial charge in [0.15, 0.2) is 11.5 Å². The van der Waals surface area contributed by atoms with Crippen LogP contribution in [0.1, 0.15) is 13.8 Å². The maximum Gasteiger partial charge on any atom is 0.183 e. The number of azo groups is 1. The number of carbonyl (C=O) groups is 1. The minimum absolute atomic E-state index is 0.0426. The van der Waals surface area contributed by atoms with Crippen molar-refractivity contribution >= 4 is 39.7 Å². The summed E-state index contributed by atoms with van der Waals surface area (Å²) in [6.07, 6.45) is 3.99. The lowest BCUT2D eigenvalue weighted by Crippen LogP contribution is -1.96. The average molecular weight is 446 g/mol. The molecule has 0 atom stereocenters. The molecule has 0 aliphatic heterocycles. The van der Waals surface area contributed by atoms with Crippen molar-refractivity contribution in [2.75, 3.05) is 0 Å². The van der Waals surface area contributed by atoms with Crippen molar-refractivity contribution in [3.8, 4) is 11.3 Å². The molecule has 0 saturated heterocycles. The van der Waals surface area contributed by atoms with Crippen LogP contribution in [-0.4, -0.2) is 20.3 Å². The summed E-state index contributed by atoms with van der Waals surface area (Å²) in [5.74, 6) is -0.480. The van der Waals surface area contributed by atoms with Gasteiger partial charge in [-0.2, -0.15) is 5.11 Å². The number of benzene rings is 1. The second kappa shape index (κ2) is 7.14. The minimum atomic E-state index is -0.334. The molecule has 3 aromatic rings. The second-order valence-electron chi connectivity index (χ2n) is 5.48. The number of nitrogens with zero attached hydrogens (tertiary/aromatic N) is 4. The molecule has 0 aliphatic carbocycles. The van der Waals surface area contributed by atoms with E-state index in [0.717, 1.165) is 20.5 Å². The fourth-order valence-corrected chi connectivity index (χ4v) is 2.79. The highest BCUT2D eigenvalue weighted by atomic mass is 127. The number of allylic oxidation sites excluding steroid dienone is 2. The summed E-state index contributed by atoms with van der Waals surface area (Å²) in [5.41, 5.74) is 3.24. The summed E-state index contributed by atoms with van der Waals surface area (Å²) in [6, 6.07) is 11.3. The Bertz CT molecular complexity index is 1000. The zero-order valence-corrected chi connectivity index (χ0v) is 15.8. The van der Waals surface area contributed by atoms with E-state index in [0.29, 0.717) is 5.69 Å². The van der Waals surface area contributed by atoms with Gasteiger partial charge in [0.2, 0.25) is 0 Å². The summed E-state index contributed by atoms with van der Waals surface area (Å²) in [4.78, 5) is 16.0. The zero-order valence-electron chi connectivity index (χ0n) is 13.6. The number of ketones is 1. The molecule has 126 valence electrons. The van der Waals surface area contributed by atoms with Crippen molar-refractivity contribution in [2.24, 2.45) is 10.2 Å². The molecular formula is C18H15IN4O2. The highest BCUT2D eigenvalue weighted by Crippen LogP contribution is 2.23. The molecule has 2 aromatic heterocycles. The molecule has 7 heteroatoms. The molecule has 0 amide bonds. The molecule has 1 aromatic carbocycles. The van der Waals surface area contributed by atoms with Gasteiger partial charge in [-0.3, -0.25) is 4.79 Å². The van der Waals surface area contributed by atoms with Crippen LogP contribution >= 0.6 is 22.6 Å². The van der Waals surface area contributed by atoms with Crippen molar-refractivity contribution in [3.05, 3.63) is 63.8 Å². The molecule has 0 spiro atoms. The smallest absolute Gasteiger partial charge is 0.183 e. The number of halogens is 1. The largest absolute Gasteiger partial charge is 0.510 e. The first-order chi connectivity index (χ1) is 11.9. The van der Waals surface area contributed by atoms with Gasteiger partial charge in [0.25, 0.3) is 0 Å². The van der Waals surface area contributed by atoms with Crippen LogP contribution in [0.15, 0.2) is 70.5 Å². The molecule has 6 nitrogen and oxygen atoms in total. The number of aromatic nitrogens is 2. The monoisotopic (exact) mass is 446 g/mol. The predicted molar refractivity (Wildman–Crippen MR) is 104 cm³/mol. The third-order valence-electron chi connectivity index (χ3n) is 3.52. The molecule has 1 N–H and O–H groups in total. The third kappa shape index (κ3) is 3.93. The molecule has 0 fully saturated rings. The Morgan fingerprint density at radius 2 is 1.84 bits per heavy atom. The lowest BCUT2D eigenvalue weighted by atomic mass is 10.1. The second-order valence-corrected chi connectivity index (χ2v) is 6.72. The van der Waals surface area contributed by atoms with Crippen LogP contribution in [0.5, 0.6) is 0 Å². The number of hydrogen-bond donors (Lipinski definition) is 1. The number of hydrogen-bond acceptors (Lipinski definition) is 5. The molecule has 0 saturated carbocycles. The van der Waals surface area contributed by atoms with E-state index < -0.39 is 0 Å². The normalized spacial score (nSPS) is 12.6. The van der Waals surface area contributed by atoms with Crippen LogP contribution in [0.2, 0.25) is 0 Å². The SMILES string of the molecule is CC(=O)/C(N=Nc1ccc(-c2cn3cc(I)ccc3n2)cc1)=C(\C)O. The summed E-state index contributed by atoms with van der Waals surface area (Å²) >= 11 is 2.26. The summed E-state index contributed by atoms with van der Waals surface area (Å²) in [6.45, 7) is 2.74. The van der Waals surface area contributed by atoms with Gasteiger partial charge < -0.3 is 9.51 Å². The number of fused-ring (bicyclic) bond motifs is 1. The van der Waals surface area contributed by atoms with Gasteiger partial charge in [-0.05, 0) is 53.8 Å². The Labute approximate surface area is 158 Å². The van der Waals surface area contributed by atoms with Gasteiger partial charge in [-0.1, -0.05) is 12.1 Å². The molecular weight excluding hydrogens is 431 g/mol. The maximum absolute atomic E-state index is 11.4. The molecule has 0 radical (unpaired) electrons. The Balaban J connectivity index is 1.86. The Morgan fingerprint density at radius 1 is 1.12 bits per heavy atom. The van der Waals surface area contributed by atoms with Crippen LogP contribution in [-0.2, 0) is 4.79 Å². The molecule has 0 unspecified atom stereocenters. The van der Waals surface area contributed by atoms with Crippen molar-refractivity contribution in [1.29, 1.82) is 0 Å². The molecule has 0 bridgehead atoms. The first-order valence-corrected chi connectivity index (χ1v) is 8.59. The number of rotatable bonds is 4. The van der Waals surface area contributed by atoms with Gasteiger partial charge in [-0.15, -0.1) is 5.11 Å². The van der Waals surface area contributed by atoms with Crippen molar-refractivity contribution in [3.63, 3.8) is 0 Å². The van der Waals surface area contributed by atoms with E-state index >= 15 is 0 Å². The van der Waals surface area contributed by atoms with E-state index in [-0.39, 0.29) is 17.2 Å². The first-order valence-electron chi connectivity index (χ1n) is 7.51. The number of aliphatic hydroxyl groups is 1. The lowest BCUT2D eigenvalue weighted by molar-refractivity contribution is -0.113. The predicted octanol–water partition coefficient (Wildman–Crippen LogP) is 5.07. The quantitative estimate of drug-likeness (QED) is 0.263. The summed E-state index contributed by atoms with van der Waals surface area (Å²) in [7, 11) is 0. The third-order valence-corrected chi connectivity index (χ3v) is 4.16. The fourth-order valence-electron chi connectivity index (χ4n) is 2.31. The van der Waals surface area contributed by atoms with Crippen molar-refractivity contribution in [1.82, 2.24) is 9.38 Å². The Morgan fingerprint density at radius 3 is 2.48 bits per heavy atom. The van der Waals surface area contributed by atoms with E-state index in [2.05, 4.69) is 37.8 Å². The average Bonchev–Trinajstić information content (AvgIpc) is 2.98. The first kappa shape index (κ1) is 17.3. The molecule has 25 heavy (non-hydrogen) atoms. The highest BCUT2D eigenvalue weighted by Gasteiger charge is 2.07. The van der Waals surface area contributed by atoms with E-state index in [4.69, 9.17) is 0 Å².